The molecular formula is C16H18ClNO. The maximum atomic E-state index is 10.1. The van der Waals surface area contributed by atoms with Gasteiger partial charge in [0.25, 0.3) is 0 Å². The highest BCUT2D eigenvalue weighted by Gasteiger charge is 2.07. The monoisotopic (exact) mass is 275 g/mol. The Kier molecular flexibility index (Phi) is 4.97. The molecule has 0 saturated carbocycles. The van der Waals surface area contributed by atoms with Gasteiger partial charge in [-0.1, -0.05) is 48.0 Å². The Balaban J connectivity index is 1.86. The predicted molar refractivity (Wildman–Crippen MR) is 79.3 cm³/mol. The summed E-state index contributed by atoms with van der Waals surface area (Å²) in [5, 5.41) is 14.0. The summed E-state index contributed by atoms with van der Waals surface area (Å²) in [4.78, 5) is 0. The van der Waals surface area contributed by atoms with Crippen LogP contribution in [0.2, 0.25) is 5.02 Å². The number of aliphatic hydroxyl groups is 1. The van der Waals surface area contributed by atoms with Gasteiger partial charge < -0.3 is 10.4 Å². The first-order chi connectivity index (χ1) is 9.16. The number of hydrogen-bond donors (Lipinski definition) is 2. The van der Waals surface area contributed by atoms with Gasteiger partial charge >= 0.3 is 0 Å². The van der Waals surface area contributed by atoms with Crippen LogP contribution in [-0.2, 0) is 6.54 Å². The van der Waals surface area contributed by atoms with E-state index in [0.717, 1.165) is 12.1 Å². The maximum Gasteiger partial charge on any atom is 0.0914 e. The Bertz CT molecular complexity index is 525. The van der Waals surface area contributed by atoms with E-state index >= 15 is 0 Å². The number of hydrogen-bond acceptors (Lipinski definition) is 2. The quantitative estimate of drug-likeness (QED) is 0.876. The fourth-order valence-electron chi connectivity index (χ4n) is 1.95. The zero-order chi connectivity index (χ0) is 13.7. The van der Waals surface area contributed by atoms with Gasteiger partial charge in [-0.25, -0.2) is 0 Å². The standard InChI is InChI=1S/C16H18ClNO/c1-12-4-2-3-5-14(12)10-18-11-16(19)13-6-8-15(17)9-7-13/h2-9,16,18-19H,10-11H2,1H3. The van der Waals surface area contributed by atoms with Crippen LogP contribution in [0.4, 0.5) is 0 Å². The first-order valence-electron chi connectivity index (χ1n) is 6.35. The highest BCUT2D eigenvalue weighted by molar-refractivity contribution is 6.30. The van der Waals surface area contributed by atoms with Crippen LogP contribution < -0.4 is 5.32 Å². The second kappa shape index (κ2) is 6.71. The summed E-state index contributed by atoms with van der Waals surface area (Å²) in [6.07, 6.45) is -0.513. The molecule has 100 valence electrons. The molecule has 2 N–H and O–H groups in total. The number of nitrogens with one attached hydrogen (secondary N) is 1. The van der Waals surface area contributed by atoms with Gasteiger partial charge in [-0.3, -0.25) is 0 Å². The van der Waals surface area contributed by atoms with Crippen molar-refractivity contribution in [3.8, 4) is 0 Å². The van der Waals surface area contributed by atoms with Crippen LogP contribution in [0.1, 0.15) is 22.8 Å². The summed E-state index contributed by atoms with van der Waals surface area (Å²) >= 11 is 5.82. The second-order valence-electron chi connectivity index (χ2n) is 4.62. The molecule has 0 radical (unpaired) electrons. The second-order valence-corrected chi connectivity index (χ2v) is 5.06. The van der Waals surface area contributed by atoms with E-state index in [4.69, 9.17) is 11.6 Å². The zero-order valence-corrected chi connectivity index (χ0v) is 11.7. The van der Waals surface area contributed by atoms with Gasteiger partial charge in [-0.05, 0) is 35.7 Å². The topological polar surface area (TPSA) is 32.3 Å². The molecule has 0 aliphatic heterocycles. The van der Waals surface area contributed by atoms with Crippen molar-refractivity contribution < 1.29 is 5.11 Å². The Morgan fingerprint density at radius 2 is 1.79 bits per heavy atom. The van der Waals surface area contributed by atoms with Crippen LogP contribution in [0.3, 0.4) is 0 Å². The lowest BCUT2D eigenvalue weighted by atomic mass is 10.1. The molecule has 19 heavy (non-hydrogen) atoms. The van der Waals surface area contributed by atoms with E-state index in [1.54, 1.807) is 12.1 Å². The van der Waals surface area contributed by atoms with Crippen molar-refractivity contribution >= 4 is 11.6 Å². The van der Waals surface area contributed by atoms with Gasteiger partial charge in [0.05, 0.1) is 6.10 Å². The first-order valence-corrected chi connectivity index (χ1v) is 6.73. The molecule has 0 fully saturated rings. The summed E-state index contributed by atoms with van der Waals surface area (Å²) in [6.45, 7) is 3.37. The molecule has 1 atom stereocenters. The van der Waals surface area contributed by atoms with E-state index in [-0.39, 0.29) is 0 Å². The third-order valence-corrected chi connectivity index (χ3v) is 3.42. The minimum Gasteiger partial charge on any atom is -0.387 e. The first kappa shape index (κ1) is 14.1. The van der Waals surface area contributed by atoms with Crippen molar-refractivity contribution in [1.82, 2.24) is 5.32 Å². The Morgan fingerprint density at radius 3 is 2.47 bits per heavy atom. The number of benzene rings is 2. The molecule has 0 amide bonds. The summed E-state index contributed by atoms with van der Waals surface area (Å²) in [5.74, 6) is 0. The molecule has 0 bridgehead atoms. The highest BCUT2D eigenvalue weighted by Crippen LogP contribution is 2.16. The van der Waals surface area contributed by atoms with E-state index in [2.05, 4.69) is 24.4 Å². The molecular weight excluding hydrogens is 258 g/mol. The molecule has 0 spiro atoms. The lowest BCUT2D eigenvalue weighted by Gasteiger charge is -2.13. The maximum absolute atomic E-state index is 10.1. The predicted octanol–water partition coefficient (Wildman–Crippen LogP) is 3.47. The van der Waals surface area contributed by atoms with Crippen LogP contribution in [0, 0.1) is 6.92 Å². The zero-order valence-electron chi connectivity index (χ0n) is 10.9. The molecule has 0 aliphatic rings. The van der Waals surface area contributed by atoms with Gasteiger partial charge in [0.1, 0.15) is 0 Å². The van der Waals surface area contributed by atoms with E-state index in [0.29, 0.717) is 11.6 Å². The van der Waals surface area contributed by atoms with E-state index in [1.807, 2.05) is 24.3 Å². The Labute approximate surface area is 119 Å². The minimum absolute atomic E-state index is 0.513. The van der Waals surface area contributed by atoms with Gasteiger partial charge in [-0.15, -0.1) is 0 Å². The third kappa shape index (κ3) is 4.06. The summed E-state index contributed by atoms with van der Waals surface area (Å²) in [7, 11) is 0. The molecule has 2 rings (SSSR count). The lowest BCUT2D eigenvalue weighted by Crippen LogP contribution is -2.21. The van der Waals surface area contributed by atoms with Crippen LogP contribution in [-0.4, -0.2) is 11.7 Å². The van der Waals surface area contributed by atoms with Crippen LogP contribution in [0.5, 0.6) is 0 Å². The number of aryl methyl sites for hydroxylation is 1. The number of rotatable bonds is 5. The summed E-state index contributed by atoms with van der Waals surface area (Å²) < 4.78 is 0. The molecule has 3 heteroatoms. The fourth-order valence-corrected chi connectivity index (χ4v) is 2.08. The lowest BCUT2D eigenvalue weighted by molar-refractivity contribution is 0.174. The van der Waals surface area contributed by atoms with Crippen molar-refractivity contribution in [3.63, 3.8) is 0 Å². The highest BCUT2D eigenvalue weighted by atomic mass is 35.5. The Morgan fingerprint density at radius 1 is 1.11 bits per heavy atom. The largest absolute Gasteiger partial charge is 0.387 e. The van der Waals surface area contributed by atoms with Crippen molar-refractivity contribution in [3.05, 3.63) is 70.2 Å². The fraction of sp³-hybridized carbons (Fsp3) is 0.250. The molecule has 0 saturated heterocycles. The van der Waals surface area contributed by atoms with Crippen LogP contribution in [0.25, 0.3) is 0 Å². The normalized spacial score (nSPS) is 12.4. The van der Waals surface area contributed by atoms with E-state index < -0.39 is 6.10 Å². The van der Waals surface area contributed by atoms with Crippen molar-refractivity contribution in [2.75, 3.05) is 6.54 Å². The number of halogens is 1. The third-order valence-electron chi connectivity index (χ3n) is 3.17. The molecule has 2 aromatic rings. The SMILES string of the molecule is Cc1ccccc1CNCC(O)c1ccc(Cl)cc1. The van der Waals surface area contributed by atoms with Gasteiger partial charge in [0, 0.05) is 18.1 Å². The average Bonchev–Trinajstić information content (AvgIpc) is 2.41. The average molecular weight is 276 g/mol. The Hall–Kier alpha value is -1.35. The van der Waals surface area contributed by atoms with E-state index in [1.165, 1.54) is 11.1 Å². The summed E-state index contributed by atoms with van der Waals surface area (Å²) in [5.41, 5.74) is 3.39. The number of aliphatic hydroxyl groups excluding tert-OH is 1. The molecule has 1 unspecified atom stereocenters. The molecule has 2 nitrogen and oxygen atoms in total. The smallest absolute Gasteiger partial charge is 0.0914 e. The summed E-state index contributed by atoms with van der Waals surface area (Å²) in [6, 6.07) is 15.5. The van der Waals surface area contributed by atoms with Crippen LogP contribution >= 0.6 is 11.6 Å². The molecule has 0 heterocycles. The van der Waals surface area contributed by atoms with Gasteiger partial charge in [-0.2, -0.15) is 0 Å². The molecule has 0 aliphatic carbocycles. The van der Waals surface area contributed by atoms with Crippen molar-refractivity contribution in [2.24, 2.45) is 0 Å². The molecule has 2 aromatic carbocycles. The van der Waals surface area contributed by atoms with E-state index in [9.17, 15) is 5.11 Å². The van der Waals surface area contributed by atoms with Crippen LogP contribution in [0.15, 0.2) is 48.5 Å². The molecule has 0 aromatic heterocycles. The van der Waals surface area contributed by atoms with Gasteiger partial charge in [0.2, 0.25) is 0 Å². The van der Waals surface area contributed by atoms with Crippen molar-refractivity contribution in [2.45, 2.75) is 19.6 Å². The minimum atomic E-state index is -0.513. The van der Waals surface area contributed by atoms with Gasteiger partial charge in [0.15, 0.2) is 0 Å². The van der Waals surface area contributed by atoms with Crippen molar-refractivity contribution in [1.29, 1.82) is 0 Å².